The number of hydrogen-bond donors (Lipinski definition) is 1. The molecule has 4 heteroatoms. The van der Waals surface area contributed by atoms with Crippen molar-refractivity contribution in [1.82, 2.24) is 4.90 Å². The van der Waals surface area contributed by atoms with Crippen molar-refractivity contribution < 1.29 is 4.79 Å². The molecule has 0 radical (unpaired) electrons. The van der Waals surface area contributed by atoms with Gasteiger partial charge < -0.3 is 10.6 Å². The fraction of sp³-hybridized carbons (Fsp3) is 0.562. The molecule has 1 amide bonds. The van der Waals surface area contributed by atoms with Gasteiger partial charge in [-0.15, -0.1) is 0 Å². The highest BCUT2D eigenvalue weighted by molar-refractivity contribution is 6.30. The van der Waals surface area contributed by atoms with Crippen LogP contribution in [0.4, 0.5) is 5.69 Å². The van der Waals surface area contributed by atoms with Crippen LogP contribution in [0.3, 0.4) is 0 Å². The van der Waals surface area contributed by atoms with Crippen LogP contribution in [0.1, 0.15) is 44.6 Å². The molecule has 0 spiro atoms. The van der Waals surface area contributed by atoms with E-state index in [1.807, 2.05) is 17.0 Å². The number of amides is 1. The Labute approximate surface area is 126 Å². The van der Waals surface area contributed by atoms with E-state index in [1.54, 1.807) is 6.07 Å². The Morgan fingerprint density at radius 1 is 1.40 bits per heavy atom. The molecule has 3 nitrogen and oxygen atoms in total. The lowest BCUT2D eigenvalue weighted by atomic mass is 9.96. The summed E-state index contributed by atoms with van der Waals surface area (Å²) >= 11 is 5.91. The summed E-state index contributed by atoms with van der Waals surface area (Å²) in [6.07, 6.45) is 5.22. The molecular formula is C16H23ClN2O. The van der Waals surface area contributed by atoms with Crippen molar-refractivity contribution in [3.05, 3.63) is 28.8 Å². The molecule has 2 N–H and O–H groups in total. The lowest BCUT2D eigenvalue weighted by Gasteiger charge is -2.22. The van der Waals surface area contributed by atoms with Gasteiger partial charge in [0.25, 0.3) is 0 Å². The Morgan fingerprint density at radius 3 is 2.90 bits per heavy atom. The molecule has 110 valence electrons. The number of carbonyl (C=O) groups excluding carboxylic acids is 1. The number of nitrogen functional groups attached to an aromatic ring is 1. The van der Waals surface area contributed by atoms with Crippen LogP contribution in [-0.4, -0.2) is 17.4 Å². The Bertz CT molecular complexity index is 476. The molecule has 0 bridgehead atoms. The summed E-state index contributed by atoms with van der Waals surface area (Å²) < 4.78 is 0. The van der Waals surface area contributed by atoms with Gasteiger partial charge >= 0.3 is 0 Å². The van der Waals surface area contributed by atoms with Crippen LogP contribution >= 0.6 is 11.6 Å². The number of nitrogens with zero attached hydrogens (tertiary/aromatic N) is 1. The second-order valence-electron chi connectivity index (χ2n) is 5.64. The van der Waals surface area contributed by atoms with Crippen LogP contribution in [-0.2, 0) is 11.3 Å². The predicted molar refractivity (Wildman–Crippen MR) is 83.5 cm³/mol. The lowest BCUT2D eigenvalue weighted by molar-refractivity contribution is -0.131. The molecule has 2 rings (SSSR count). The van der Waals surface area contributed by atoms with Crippen molar-refractivity contribution in [3.63, 3.8) is 0 Å². The Kier molecular flexibility index (Phi) is 5.30. The Balaban J connectivity index is 2.02. The van der Waals surface area contributed by atoms with E-state index in [2.05, 4.69) is 6.92 Å². The van der Waals surface area contributed by atoms with Crippen LogP contribution in [0, 0.1) is 5.92 Å². The molecule has 1 unspecified atom stereocenters. The maximum atomic E-state index is 12.2. The second kappa shape index (κ2) is 6.98. The quantitative estimate of drug-likeness (QED) is 0.857. The van der Waals surface area contributed by atoms with E-state index >= 15 is 0 Å². The number of halogens is 1. The minimum absolute atomic E-state index is 0.248. The van der Waals surface area contributed by atoms with Crippen molar-refractivity contribution >= 4 is 23.2 Å². The van der Waals surface area contributed by atoms with Crippen molar-refractivity contribution in [1.29, 1.82) is 0 Å². The number of likely N-dealkylation sites (tertiary alicyclic amines) is 1. The van der Waals surface area contributed by atoms with Gasteiger partial charge in [0.1, 0.15) is 0 Å². The van der Waals surface area contributed by atoms with Gasteiger partial charge in [0, 0.05) is 30.2 Å². The number of rotatable bonds is 4. The molecule has 0 aliphatic carbocycles. The Morgan fingerprint density at radius 2 is 2.20 bits per heavy atom. The van der Waals surface area contributed by atoms with E-state index in [0.717, 1.165) is 24.9 Å². The highest BCUT2D eigenvalue weighted by Gasteiger charge is 2.22. The van der Waals surface area contributed by atoms with Gasteiger partial charge in [-0.3, -0.25) is 4.79 Å². The summed E-state index contributed by atoms with van der Waals surface area (Å²) in [6, 6.07) is 5.49. The molecule has 1 saturated heterocycles. The molecular weight excluding hydrogens is 272 g/mol. The molecule has 20 heavy (non-hydrogen) atoms. The van der Waals surface area contributed by atoms with E-state index in [1.165, 1.54) is 12.8 Å². The molecule has 1 aliphatic heterocycles. The number of hydrogen-bond acceptors (Lipinski definition) is 2. The third-order valence-corrected chi connectivity index (χ3v) is 4.33. The first-order chi connectivity index (χ1) is 9.60. The van der Waals surface area contributed by atoms with E-state index in [-0.39, 0.29) is 5.91 Å². The maximum Gasteiger partial charge on any atom is 0.222 e. The normalized spacial score (nSPS) is 20.0. The summed E-state index contributed by atoms with van der Waals surface area (Å²) in [5.74, 6) is 0.939. The SMILES string of the molecule is CCCC1CCC(=O)N(Cc2ccc(Cl)cc2N)CC1. The largest absolute Gasteiger partial charge is 0.398 e. The van der Waals surface area contributed by atoms with Gasteiger partial charge in [-0.2, -0.15) is 0 Å². The van der Waals surface area contributed by atoms with E-state index in [9.17, 15) is 4.79 Å². The predicted octanol–water partition coefficient (Wildman–Crippen LogP) is 3.85. The minimum Gasteiger partial charge on any atom is -0.398 e. The lowest BCUT2D eigenvalue weighted by Crippen LogP contribution is -2.30. The third-order valence-electron chi connectivity index (χ3n) is 4.09. The van der Waals surface area contributed by atoms with Gasteiger partial charge in [0.2, 0.25) is 5.91 Å². The summed E-state index contributed by atoms with van der Waals surface area (Å²) in [5, 5.41) is 0.636. The maximum absolute atomic E-state index is 12.2. The van der Waals surface area contributed by atoms with E-state index < -0.39 is 0 Å². The average molecular weight is 295 g/mol. The number of anilines is 1. The summed E-state index contributed by atoms with van der Waals surface area (Å²) in [4.78, 5) is 14.1. The van der Waals surface area contributed by atoms with Gasteiger partial charge in [-0.25, -0.2) is 0 Å². The third kappa shape index (κ3) is 3.89. The molecule has 0 saturated carbocycles. The molecule has 1 aromatic rings. The fourth-order valence-corrected chi connectivity index (χ4v) is 3.05. The first kappa shape index (κ1) is 15.2. The molecule has 1 heterocycles. The zero-order chi connectivity index (χ0) is 14.5. The smallest absolute Gasteiger partial charge is 0.222 e. The summed E-state index contributed by atoms with van der Waals surface area (Å²) in [6.45, 7) is 3.64. The molecule has 1 fully saturated rings. The molecule has 1 aromatic carbocycles. The fourth-order valence-electron chi connectivity index (χ4n) is 2.87. The number of benzene rings is 1. The first-order valence-corrected chi connectivity index (χ1v) is 7.79. The van der Waals surface area contributed by atoms with Crippen LogP contribution in [0.2, 0.25) is 5.02 Å². The summed E-state index contributed by atoms with van der Waals surface area (Å²) in [5.41, 5.74) is 7.63. The highest BCUT2D eigenvalue weighted by Crippen LogP contribution is 2.25. The second-order valence-corrected chi connectivity index (χ2v) is 6.08. The standard InChI is InChI=1S/C16H23ClN2O/c1-2-3-12-4-7-16(20)19(9-8-12)11-13-5-6-14(17)10-15(13)18/h5-6,10,12H,2-4,7-9,11,18H2,1H3. The Hall–Kier alpha value is -1.22. The van der Waals surface area contributed by atoms with Crippen LogP contribution in [0.15, 0.2) is 18.2 Å². The average Bonchev–Trinajstić information content (AvgIpc) is 2.57. The van der Waals surface area contributed by atoms with Crippen LogP contribution in [0.5, 0.6) is 0 Å². The number of nitrogens with two attached hydrogens (primary N) is 1. The van der Waals surface area contributed by atoms with Gasteiger partial charge in [0.15, 0.2) is 0 Å². The first-order valence-electron chi connectivity index (χ1n) is 7.41. The topological polar surface area (TPSA) is 46.3 Å². The minimum atomic E-state index is 0.248. The van der Waals surface area contributed by atoms with Gasteiger partial charge in [-0.05, 0) is 36.5 Å². The van der Waals surface area contributed by atoms with E-state index in [4.69, 9.17) is 17.3 Å². The monoisotopic (exact) mass is 294 g/mol. The summed E-state index contributed by atoms with van der Waals surface area (Å²) in [7, 11) is 0. The van der Waals surface area contributed by atoms with Gasteiger partial charge in [0.05, 0.1) is 0 Å². The van der Waals surface area contributed by atoms with Gasteiger partial charge in [-0.1, -0.05) is 37.4 Å². The van der Waals surface area contributed by atoms with Crippen molar-refractivity contribution in [2.75, 3.05) is 12.3 Å². The molecule has 0 aromatic heterocycles. The van der Waals surface area contributed by atoms with Crippen molar-refractivity contribution in [3.8, 4) is 0 Å². The molecule has 1 atom stereocenters. The zero-order valence-electron chi connectivity index (χ0n) is 12.1. The van der Waals surface area contributed by atoms with Crippen molar-refractivity contribution in [2.45, 2.75) is 45.6 Å². The van der Waals surface area contributed by atoms with Crippen LogP contribution in [0.25, 0.3) is 0 Å². The zero-order valence-corrected chi connectivity index (χ0v) is 12.8. The highest BCUT2D eigenvalue weighted by atomic mass is 35.5. The number of carbonyl (C=O) groups is 1. The van der Waals surface area contributed by atoms with E-state index in [0.29, 0.717) is 29.6 Å². The van der Waals surface area contributed by atoms with Crippen LogP contribution < -0.4 is 5.73 Å². The van der Waals surface area contributed by atoms with Crippen molar-refractivity contribution in [2.24, 2.45) is 5.92 Å². The molecule has 1 aliphatic rings.